The number of imide groups is 1. The molecule has 2 heterocycles. The molecule has 1 saturated heterocycles. The van der Waals surface area contributed by atoms with Crippen molar-refractivity contribution in [3.8, 4) is 11.3 Å². The van der Waals surface area contributed by atoms with Gasteiger partial charge in [-0.2, -0.15) is 0 Å². The highest BCUT2D eigenvalue weighted by molar-refractivity contribution is 8.18. The summed E-state index contributed by atoms with van der Waals surface area (Å²) in [6.07, 6.45) is 1.61. The molecule has 0 saturated carbocycles. The summed E-state index contributed by atoms with van der Waals surface area (Å²) in [7, 11) is 0. The third-order valence-corrected chi connectivity index (χ3v) is 5.25. The van der Waals surface area contributed by atoms with Gasteiger partial charge in [0.25, 0.3) is 11.1 Å². The maximum Gasteiger partial charge on any atom is 0.293 e. The molecule has 1 aliphatic rings. The van der Waals surface area contributed by atoms with E-state index in [-0.39, 0.29) is 17.7 Å². The van der Waals surface area contributed by atoms with Crippen molar-refractivity contribution in [1.29, 1.82) is 0 Å². The summed E-state index contributed by atoms with van der Waals surface area (Å²) >= 11 is 6.83. The highest BCUT2D eigenvalue weighted by atomic mass is 35.5. The Labute approximate surface area is 165 Å². The Bertz CT molecular complexity index is 1030. The van der Waals surface area contributed by atoms with Crippen molar-refractivity contribution in [2.45, 2.75) is 6.54 Å². The highest BCUT2D eigenvalue weighted by Gasteiger charge is 2.35. The molecule has 3 aromatic rings. The van der Waals surface area contributed by atoms with Crippen LogP contribution in [0.4, 0.5) is 4.79 Å². The number of furan rings is 1. The molecular weight excluding hydrogens is 382 g/mol. The second kappa shape index (κ2) is 7.47. The van der Waals surface area contributed by atoms with E-state index in [1.165, 1.54) is 4.90 Å². The maximum atomic E-state index is 12.6. The van der Waals surface area contributed by atoms with Crippen LogP contribution in [0.1, 0.15) is 11.3 Å². The maximum absolute atomic E-state index is 12.6. The molecule has 4 nitrogen and oxygen atoms in total. The van der Waals surface area contributed by atoms with E-state index >= 15 is 0 Å². The fourth-order valence-corrected chi connectivity index (χ4v) is 3.68. The van der Waals surface area contributed by atoms with Crippen molar-refractivity contribution < 1.29 is 14.0 Å². The summed E-state index contributed by atoms with van der Waals surface area (Å²) in [5.74, 6) is 0.880. The summed E-state index contributed by atoms with van der Waals surface area (Å²) < 4.78 is 5.79. The number of hydrogen-bond donors (Lipinski definition) is 0. The monoisotopic (exact) mass is 395 g/mol. The Balaban J connectivity index is 1.53. The first-order valence-electron chi connectivity index (χ1n) is 8.25. The van der Waals surface area contributed by atoms with Crippen molar-refractivity contribution in [2.75, 3.05) is 0 Å². The largest absolute Gasteiger partial charge is 0.457 e. The van der Waals surface area contributed by atoms with E-state index < -0.39 is 0 Å². The van der Waals surface area contributed by atoms with Crippen LogP contribution in [0.2, 0.25) is 5.02 Å². The number of carbonyl (C=O) groups is 2. The van der Waals surface area contributed by atoms with Gasteiger partial charge in [-0.15, -0.1) is 0 Å². The van der Waals surface area contributed by atoms with Crippen LogP contribution in [0, 0.1) is 0 Å². The Hall–Kier alpha value is -2.76. The van der Waals surface area contributed by atoms with Crippen LogP contribution < -0.4 is 0 Å². The van der Waals surface area contributed by atoms with E-state index in [1.807, 2.05) is 48.5 Å². The van der Waals surface area contributed by atoms with E-state index in [0.29, 0.717) is 21.4 Å². The second-order valence-corrected chi connectivity index (χ2v) is 7.39. The zero-order chi connectivity index (χ0) is 18.8. The molecule has 0 spiro atoms. The Morgan fingerprint density at radius 2 is 1.70 bits per heavy atom. The van der Waals surface area contributed by atoms with Crippen molar-refractivity contribution >= 4 is 40.6 Å². The van der Waals surface area contributed by atoms with E-state index in [0.717, 1.165) is 22.9 Å². The standard InChI is InChI=1S/C21H14ClNO3S/c22-16-8-6-15(7-9-16)18-11-10-17(26-18)12-19-20(24)23(21(25)27-19)13-14-4-2-1-3-5-14/h1-12H,13H2/b19-12-. The number of rotatable bonds is 4. The van der Waals surface area contributed by atoms with E-state index in [2.05, 4.69) is 0 Å². The molecule has 1 aromatic heterocycles. The van der Waals surface area contributed by atoms with Gasteiger partial charge >= 0.3 is 0 Å². The molecule has 2 aromatic carbocycles. The SMILES string of the molecule is O=C1S/C(=C\c2ccc(-c3ccc(Cl)cc3)o2)C(=O)N1Cc1ccccc1. The number of halogens is 1. The lowest BCUT2D eigenvalue weighted by Gasteiger charge is -2.11. The molecular formula is C21H14ClNO3S. The first kappa shape index (κ1) is 17.6. The predicted octanol–water partition coefficient (Wildman–Crippen LogP) is 5.84. The molecule has 6 heteroatoms. The summed E-state index contributed by atoms with van der Waals surface area (Å²) in [6.45, 7) is 0.261. The van der Waals surface area contributed by atoms with Crippen molar-refractivity contribution in [3.05, 3.63) is 88.0 Å². The van der Waals surface area contributed by atoms with Gasteiger partial charge in [0.05, 0.1) is 11.4 Å². The molecule has 0 unspecified atom stereocenters. The molecule has 1 aliphatic heterocycles. The number of thioether (sulfide) groups is 1. The minimum atomic E-state index is -0.307. The van der Waals surface area contributed by atoms with Gasteiger partial charge in [-0.1, -0.05) is 41.9 Å². The average molecular weight is 396 g/mol. The minimum absolute atomic E-state index is 0.261. The van der Waals surface area contributed by atoms with Gasteiger partial charge in [0, 0.05) is 16.7 Å². The summed E-state index contributed by atoms with van der Waals surface area (Å²) in [5.41, 5.74) is 1.79. The Kier molecular flexibility index (Phi) is 4.88. The van der Waals surface area contributed by atoms with Crippen LogP contribution in [0.3, 0.4) is 0 Å². The van der Waals surface area contributed by atoms with Crippen LogP contribution in [0.25, 0.3) is 17.4 Å². The first-order chi connectivity index (χ1) is 13.1. The number of amides is 2. The molecule has 0 aliphatic carbocycles. The van der Waals surface area contributed by atoms with Crippen LogP contribution in [-0.2, 0) is 11.3 Å². The zero-order valence-corrected chi connectivity index (χ0v) is 15.7. The minimum Gasteiger partial charge on any atom is -0.457 e. The fraction of sp³-hybridized carbons (Fsp3) is 0.0476. The lowest BCUT2D eigenvalue weighted by atomic mass is 10.2. The van der Waals surface area contributed by atoms with Gasteiger partial charge in [-0.05, 0) is 53.7 Å². The lowest BCUT2D eigenvalue weighted by Crippen LogP contribution is -2.27. The van der Waals surface area contributed by atoms with Gasteiger partial charge in [0.15, 0.2) is 0 Å². The van der Waals surface area contributed by atoms with Crippen molar-refractivity contribution in [1.82, 2.24) is 4.90 Å². The van der Waals surface area contributed by atoms with E-state index in [1.54, 1.807) is 24.3 Å². The number of carbonyl (C=O) groups excluding carboxylic acids is 2. The highest BCUT2D eigenvalue weighted by Crippen LogP contribution is 2.34. The molecule has 0 atom stereocenters. The normalized spacial score (nSPS) is 15.7. The Morgan fingerprint density at radius 1 is 0.963 bits per heavy atom. The quantitative estimate of drug-likeness (QED) is 0.521. The smallest absolute Gasteiger partial charge is 0.293 e. The average Bonchev–Trinajstić information content (AvgIpc) is 3.24. The van der Waals surface area contributed by atoms with Gasteiger partial charge in [0.1, 0.15) is 11.5 Å². The third kappa shape index (κ3) is 3.84. The van der Waals surface area contributed by atoms with Crippen molar-refractivity contribution in [2.24, 2.45) is 0 Å². The second-order valence-electron chi connectivity index (χ2n) is 5.96. The van der Waals surface area contributed by atoms with Gasteiger partial charge in [0.2, 0.25) is 0 Å². The number of nitrogens with zero attached hydrogens (tertiary/aromatic N) is 1. The van der Waals surface area contributed by atoms with Crippen LogP contribution >= 0.6 is 23.4 Å². The Morgan fingerprint density at radius 3 is 2.44 bits per heavy atom. The summed E-state index contributed by atoms with van der Waals surface area (Å²) in [4.78, 5) is 26.4. The molecule has 0 bridgehead atoms. The number of benzene rings is 2. The lowest BCUT2D eigenvalue weighted by molar-refractivity contribution is -0.123. The fourth-order valence-electron chi connectivity index (χ4n) is 2.73. The summed E-state index contributed by atoms with van der Waals surface area (Å²) in [6, 6.07) is 20.3. The molecule has 0 radical (unpaired) electrons. The first-order valence-corrected chi connectivity index (χ1v) is 9.45. The topological polar surface area (TPSA) is 50.5 Å². The molecule has 4 rings (SSSR count). The number of hydrogen-bond acceptors (Lipinski definition) is 4. The van der Waals surface area contributed by atoms with Crippen LogP contribution in [0.15, 0.2) is 76.1 Å². The third-order valence-electron chi connectivity index (χ3n) is 4.09. The molecule has 0 N–H and O–H groups in total. The molecule has 27 heavy (non-hydrogen) atoms. The van der Waals surface area contributed by atoms with Gasteiger partial charge in [-0.3, -0.25) is 14.5 Å². The molecule has 134 valence electrons. The van der Waals surface area contributed by atoms with E-state index in [4.69, 9.17) is 16.0 Å². The molecule has 1 fully saturated rings. The van der Waals surface area contributed by atoms with E-state index in [9.17, 15) is 9.59 Å². The summed E-state index contributed by atoms with van der Waals surface area (Å²) in [5, 5.41) is 0.372. The van der Waals surface area contributed by atoms with Crippen LogP contribution in [-0.4, -0.2) is 16.0 Å². The van der Waals surface area contributed by atoms with Gasteiger partial charge in [-0.25, -0.2) is 0 Å². The zero-order valence-electron chi connectivity index (χ0n) is 14.1. The molecule has 2 amide bonds. The predicted molar refractivity (Wildman–Crippen MR) is 107 cm³/mol. The van der Waals surface area contributed by atoms with Gasteiger partial charge < -0.3 is 4.42 Å². The van der Waals surface area contributed by atoms with Crippen LogP contribution in [0.5, 0.6) is 0 Å². The van der Waals surface area contributed by atoms with Crippen molar-refractivity contribution in [3.63, 3.8) is 0 Å².